The molecule has 3 rings (SSSR count). The average molecular weight is 334 g/mol. The predicted octanol–water partition coefficient (Wildman–Crippen LogP) is 2.93. The molecule has 0 atom stereocenters. The van der Waals surface area contributed by atoms with Crippen molar-refractivity contribution < 1.29 is 9.59 Å². The number of carbonyl (C=O) groups is 2. The molecule has 0 unspecified atom stereocenters. The van der Waals surface area contributed by atoms with Gasteiger partial charge in [0, 0.05) is 43.4 Å². The molecule has 2 heterocycles. The normalized spacial score (nSPS) is 19.8. The van der Waals surface area contributed by atoms with Gasteiger partial charge in [0.1, 0.15) is 0 Å². The Morgan fingerprint density at radius 2 is 1.74 bits per heavy atom. The molecule has 1 aromatic heterocycles. The topological polar surface area (TPSA) is 40.6 Å². The summed E-state index contributed by atoms with van der Waals surface area (Å²) in [6, 6.07) is 4.11. The first kappa shape index (κ1) is 16.5. The summed E-state index contributed by atoms with van der Waals surface area (Å²) in [6.45, 7) is 2.81. The van der Waals surface area contributed by atoms with Crippen LogP contribution in [0.5, 0.6) is 0 Å². The SMILES string of the molecule is O=C(CCc1cccs1)N1CCN(C(=O)C2CCCCC2)CC1. The van der Waals surface area contributed by atoms with Gasteiger partial charge in [-0.2, -0.15) is 0 Å². The first-order valence-electron chi connectivity index (χ1n) is 8.83. The summed E-state index contributed by atoms with van der Waals surface area (Å²) in [5.41, 5.74) is 0. The van der Waals surface area contributed by atoms with Crippen molar-refractivity contribution in [1.82, 2.24) is 9.80 Å². The number of hydrogen-bond donors (Lipinski definition) is 0. The van der Waals surface area contributed by atoms with E-state index in [1.807, 2.05) is 15.9 Å². The van der Waals surface area contributed by atoms with Crippen molar-refractivity contribution in [1.29, 1.82) is 0 Å². The van der Waals surface area contributed by atoms with Gasteiger partial charge >= 0.3 is 0 Å². The van der Waals surface area contributed by atoms with Gasteiger partial charge in [-0.05, 0) is 30.7 Å². The Labute approximate surface area is 142 Å². The molecule has 5 heteroatoms. The number of nitrogens with zero attached hydrogens (tertiary/aromatic N) is 2. The lowest BCUT2D eigenvalue weighted by Crippen LogP contribution is -2.52. The summed E-state index contributed by atoms with van der Waals surface area (Å²) >= 11 is 1.71. The van der Waals surface area contributed by atoms with E-state index in [1.54, 1.807) is 11.3 Å². The van der Waals surface area contributed by atoms with E-state index < -0.39 is 0 Å². The molecule has 2 fully saturated rings. The first-order chi connectivity index (χ1) is 11.2. The van der Waals surface area contributed by atoms with Crippen molar-refractivity contribution in [3.63, 3.8) is 0 Å². The maximum absolute atomic E-state index is 12.5. The standard InChI is InChI=1S/C18H26N2O2S/c21-17(9-8-16-7-4-14-23-16)19-10-12-20(13-11-19)18(22)15-5-2-1-3-6-15/h4,7,14-15H,1-3,5-6,8-13H2. The largest absolute Gasteiger partial charge is 0.339 e. The molecule has 0 spiro atoms. The van der Waals surface area contributed by atoms with Crippen LogP contribution in [-0.2, 0) is 16.0 Å². The Morgan fingerprint density at radius 3 is 2.39 bits per heavy atom. The van der Waals surface area contributed by atoms with Gasteiger partial charge in [-0.15, -0.1) is 11.3 Å². The fraction of sp³-hybridized carbons (Fsp3) is 0.667. The van der Waals surface area contributed by atoms with E-state index in [0.717, 1.165) is 19.3 Å². The van der Waals surface area contributed by atoms with Crippen molar-refractivity contribution >= 4 is 23.2 Å². The summed E-state index contributed by atoms with van der Waals surface area (Å²) in [7, 11) is 0. The molecule has 1 aliphatic carbocycles. The molecule has 1 saturated heterocycles. The van der Waals surface area contributed by atoms with Crippen LogP contribution in [0.3, 0.4) is 0 Å². The molecule has 0 aromatic carbocycles. The fourth-order valence-corrected chi connectivity index (χ4v) is 4.34. The second-order valence-corrected chi connectivity index (χ2v) is 7.65. The highest BCUT2D eigenvalue weighted by molar-refractivity contribution is 7.09. The van der Waals surface area contributed by atoms with Gasteiger partial charge in [-0.1, -0.05) is 25.3 Å². The minimum absolute atomic E-state index is 0.225. The second kappa shape index (κ2) is 7.95. The number of amides is 2. The summed E-state index contributed by atoms with van der Waals surface area (Å²) in [4.78, 5) is 30.0. The monoisotopic (exact) mass is 334 g/mol. The Morgan fingerprint density at radius 1 is 1.04 bits per heavy atom. The zero-order valence-electron chi connectivity index (χ0n) is 13.7. The van der Waals surface area contributed by atoms with Gasteiger partial charge in [0.2, 0.25) is 11.8 Å². The van der Waals surface area contributed by atoms with Crippen LogP contribution < -0.4 is 0 Å². The fourth-order valence-electron chi connectivity index (χ4n) is 3.63. The van der Waals surface area contributed by atoms with Crippen molar-refractivity contribution in [2.24, 2.45) is 5.92 Å². The maximum atomic E-state index is 12.5. The molecule has 0 N–H and O–H groups in total. The molecule has 4 nitrogen and oxygen atoms in total. The molecule has 1 aromatic rings. The van der Waals surface area contributed by atoms with Crippen LogP contribution in [0.2, 0.25) is 0 Å². The van der Waals surface area contributed by atoms with E-state index in [4.69, 9.17) is 0 Å². The van der Waals surface area contributed by atoms with Gasteiger partial charge in [0.05, 0.1) is 0 Å². The van der Waals surface area contributed by atoms with Crippen molar-refractivity contribution in [3.8, 4) is 0 Å². The summed E-state index contributed by atoms with van der Waals surface area (Å²) in [6.07, 6.45) is 7.18. The Kier molecular flexibility index (Phi) is 5.70. The van der Waals surface area contributed by atoms with Crippen molar-refractivity contribution in [2.45, 2.75) is 44.9 Å². The summed E-state index contributed by atoms with van der Waals surface area (Å²) in [5, 5.41) is 2.05. The second-order valence-electron chi connectivity index (χ2n) is 6.62. The van der Waals surface area contributed by atoms with E-state index in [0.29, 0.717) is 38.5 Å². The molecule has 0 radical (unpaired) electrons. The molecule has 2 amide bonds. The van der Waals surface area contributed by atoms with Crippen molar-refractivity contribution in [3.05, 3.63) is 22.4 Å². The number of aryl methyl sites for hydroxylation is 1. The van der Waals surface area contributed by atoms with Gasteiger partial charge in [0.25, 0.3) is 0 Å². The predicted molar refractivity (Wildman–Crippen MR) is 92.4 cm³/mol. The van der Waals surface area contributed by atoms with Crippen LogP contribution in [0.1, 0.15) is 43.4 Å². The summed E-state index contributed by atoms with van der Waals surface area (Å²) in [5.74, 6) is 0.795. The van der Waals surface area contributed by atoms with Crippen molar-refractivity contribution in [2.75, 3.05) is 26.2 Å². The van der Waals surface area contributed by atoms with E-state index in [-0.39, 0.29) is 11.8 Å². The zero-order chi connectivity index (χ0) is 16.1. The number of thiophene rings is 1. The summed E-state index contributed by atoms with van der Waals surface area (Å²) < 4.78 is 0. The minimum atomic E-state index is 0.225. The van der Waals surface area contributed by atoms with Crippen LogP contribution in [0.25, 0.3) is 0 Å². The van der Waals surface area contributed by atoms with E-state index in [2.05, 4.69) is 11.4 Å². The quantitative estimate of drug-likeness (QED) is 0.849. The Balaban J connectivity index is 1.42. The average Bonchev–Trinajstić information content (AvgIpc) is 3.13. The lowest BCUT2D eigenvalue weighted by atomic mass is 9.88. The number of hydrogen-bond acceptors (Lipinski definition) is 3. The molecule has 1 saturated carbocycles. The molecule has 23 heavy (non-hydrogen) atoms. The van der Waals surface area contributed by atoms with Crippen LogP contribution in [0.15, 0.2) is 17.5 Å². The minimum Gasteiger partial charge on any atom is -0.339 e. The van der Waals surface area contributed by atoms with Crippen LogP contribution >= 0.6 is 11.3 Å². The highest BCUT2D eigenvalue weighted by Crippen LogP contribution is 2.26. The number of carbonyl (C=O) groups excluding carboxylic acids is 2. The third kappa shape index (κ3) is 4.34. The van der Waals surface area contributed by atoms with Gasteiger partial charge in [-0.3, -0.25) is 9.59 Å². The Bertz CT molecular complexity index is 515. The number of rotatable bonds is 4. The molecular formula is C18H26N2O2S. The van der Waals surface area contributed by atoms with Gasteiger partial charge in [-0.25, -0.2) is 0 Å². The maximum Gasteiger partial charge on any atom is 0.225 e. The molecule has 126 valence electrons. The van der Waals surface area contributed by atoms with Crippen LogP contribution in [0, 0.1) is 5.92 Å². The lowest BCUT2D eigenvalue weighted by Gasteiger charge is -2.37. The molecule has 1 aliphatic heterocycles. The molecule has 2 aliphatic rings. The lowest BCUT2D eigenvalue weighted by molar-refractivity contribution is -0.142. The smallest absolute Gasteiger partial charge is 0.225 e. The van der Waals surface area contributed by atoms with E-state index in [1.165, 1.54) is 24.1 Å². The van der Waals surface area contributed by atoms with Crippen LogP contribution in [-0.4, -0.2) is 47.8 Å². The van der Waals surface area contributed by atoms with Crippen LogP contribution in [0.4, 0.5) is 0 Å². The third-order valence-corrected chi connectivity index (χ3v) is 6.00. The number of piperazine rings is 1. The van der Waals surface area contributed by atoms with Gasteiger partial charge < -0.3 is 9.80 Å². The van der Waals surface area contributed by atoms with Gasteiger partial charge in [0.15, 0.2) is 0 Å². The zero-order valence-corrected chi connectivity index (χ0v) is 14.5. The van der Waals surface area contributed by atoms with E-state index in [9.17, 15) is 9.59 Å². The highest BCUT2D eigenvalue weighted by Gasteiger charge is 2.29. The molecular weight excluding hydrogens is 308 g/mol. The highest BCUT2D eigenvalue weighted by atomic mass is 32.1. The molecule has 0 bridgehead atoms. The third-order valence-electron chi connectivity index (χ3n) is 5.06. The Hall–Kier alpha value is -1.36. The van der Waals surface area contributed by atoms with E-state index >= 15 is 0 Å². The first-order valence-corrected chi connectivity index (χ1v) is 9.71.